The zero-order valence-electron chi connectivity index (χ0n) is 14.9. The molecule has 4 nitrogen and oxygen atoms in total. The number of benzene rings is 1. The lowest BCUT2D eigenvalue weighted by molar-refractivity contribution is 0.467. The molecule has 3 aromatic rings. The Bertz CT molecular complexity index is 880. The van der Waals surface area contributed by atoms with Crippen molar-refractivity contribution in [2.75, 3.05) is 0 Å². The number of rotatable bonds is 5. The Hall–Kier alpha value is -2.36. The highest BCUT2D eigenvalue weighted by Crippen LogP contribution is 2.24. The fourth-order valence-corrected chi connectivity index (χ4v) is 3.27. The number of hydrogen-bond donors (Lipinski definition) is 1. The summed E-state index contributed by atoms with van der Waals surface area (Å²) in [4.78, 5) is 9.52. The molecule has 3 rings (SSSR count). The second kappa shape index (κ2) is 6.63. The van der Waals surface area contributed by atoms with Crippen LogP contribution in [0.2, 0.25) is 0 Å². The van der Waals surface area contributed by atoms with E-state index in [-0.39, 0.29) is 0 Å². The number of aryl methyl sites for hydroxylation is 4. The van der Waals surface area contributed by atoms with Crippen molar-refractivity contribution in [3.8, 4) is 5.75 Å². The van der Waals surface area contributed by atoms with Gasteiger partial charge < -0.3 is 9.67 Å². The van der Waals surface area contributed by atoms with Gasteiger partial charge in [0.05, 0.1) is 6.54 Å². The van der Waals surface area contributed by atoms with E-state index < -0.39 is 0 Å². The van der Waals surface area contributed by atoms with Gasteiger partial charge in [-0.05, 0) is 49.1 Å². The van der Waals surface area contributed by atoms with Crippen LogP contribution in [-0.4, -0.2) is 19.6 Å². The maximum absolute atomic E-state index is 10.0. The molecule has 1 aromatic carbocycles. The third kappa shape index (κ3) is 3.01. The van der Waals surface area contributed by atoms with Crippen LogP contribution in [0.5, 0.6) is 5.75 Å². The number of aromatic hydroxyl groups is 1. The molecule has 0 aliphatic rings. The van der Waals surface area contributed by atoms with Crippen molar-refractivity contribution in [3.05, 3.63) is 52.5 Å². The average molecular weight is 323 g/mol. The molecule has 2 aromatic heterocycles. The minimum Gasteiger partial charge on any atom is -0.508 e. The standard InChI is InChI=1S/C20H25N3O/c1-5-7-16-11-15(8-9-17(16)24)12-23-18(6-2)22-19-13(3)10-14(4)21-20(19)23/h8-11,24H,5-7,12H2,1-4H3. The predicted molar refractivity (Wildman–Crippen MR) is 97.6 cm³/mol. The van der Waals surface area contributed by atoms with E-state index in [1.54, 1.807) is 6.07 Å². The molecule has 0 aliphatic carbocycles. The van der Waals surface area contributed by atoms with Gasteiger partial charge in [-0.1, -0.05) is 32.4 Å². The number of hydrogen-bond acceptors (Lipinski definition) is 3. The molecule has 0 saturated carbocycles. The van der Waals surface area contributed by atoms with E-state index in [1.165, 1.54) is 11.1 Å². The van der Waals surface area contributed by atoms with E-state index in [9.17, 15) is 5.11 Å². The molecular formula is C20H25N3O. The summed E-state index contributed by atoms with van der Waals surface area (Å²) in [5.41, 5.74) is 6.31. The lowest BCUT2D eigenvalue weighted by Gasteiger charge is -2.11. The molecule has 24 heavy (non-hydrogen) atoms. The van der Waals surface area contributed by atoms with E-state index in [0.717, 1.165) is 54.1 Å². The molecule has 0 amide bonds. The van der Waals surface area contributed by atoms with E-state index in [1.807, 2.05) is 13.0 Å². The topological polar surface area (TPSA) is 50.9 Å². The zero-order chi connectivity index (χ0) is 17.3. The summed E-state index contributed by atoms with van der Waals surface area (Å²) in [7, 11) is 0. The van der Waals surface area contributed by atoms with Crippen LogP contribution >= 0.6 is 0 Å². The Morgan fingerprint density at radius 2 is 1.88 bits per heavy atom. The van der Waals surface area contributed by atoms with Gasteiger partial charge in [0.25, 0.3) is 0 Å². The number of pyridine rings is 1. The van der Waals surface area contributed by atoms with Gasteiger partial charge in [-0.2, -0.15) is 0 Å². The molecule has 0 radical (unpaired) electrons. The van der Waals surface area contributed by atoms with Gasteiger partial charge in [0, 0.05) is 12.1 Å². The summed E-state index contributed by atoms with van der Waals surface area (Å²) in [6, 6.07) is 7.98. The number of imidazole rings is 1. The van der Waals surface area contributed by atoms with Crippen LogP contribution in [0, 0.1) is 13.8 Å². The first-order chi connectivity index (χ1) is 11.5. The monoisotopic (exact) mass is 323 g/mol. The largest absolute Gasteiger partial charge is 0.508 e. The minimum absolute atomic E-state index is 0.386. The minimum atomic E-state index is 0.386. The molecule has 2 heterocycles. The van der Waals surface area contributed by atoms with Crippen molar-refractivity contribution in [1.82, 2.24) is 14.5 Å². The number of nitrogens with zero attached hydrogens (tertiary/aromatic N) is 3. The number of fused-ring (bicyclic) bond motifs is 1. The average Bonchev–Trinajstić information content (AvgIpc) is 2.89. The molecule has 126 valence electrons. The van der Waals surface area contributed by atoms with Crippen LogP contribution in [0.15, 0.2) is 24.3 Å². The second-order valence-corrected chi connectivity index (χ2v) is 6.43. The molecule has 1 N–H and O–H groups in total. The lowest BCUT2D eigenvalue weighted by atomic mass is 10.1. The van der Waals surface area contributed by atoms with E-state index >= 15 is 0 Å². The molecule has 4 heteroatoms. The number of aromatic nitrogens is 3. The van der Waals surface area contributed by atoms with Crippen LogP contribution in [0.1, 0.15) is 48.5 Å². The van der Waals surface area contributed by atoms with Crippen molar-refractivity contribution in [2.24, 2.45) is 0 Å². The molecule has 0 bridgehead atoms. The zero-order valence-corrected chi connectivity index (χ0v) is 14.9. The highest BCUT2D eigenvalue weighted by Gasteiger charge is 2.14. The van der Waals surface area contributed by atoms with E-state index in [4.69, 9.17) is 9.97 Å². The molecule has 0 fully saturated rings. The van der Waals surface area contributed by atoms with Gasteiger partial charge in [-0.15, -0.1) is 0 Å². The lowest BCUT2D eigenvalue weighted by Crippen LogP contribution is -2.06. The van der Waals surface area contributed by atoms with E-state index in [2.05, 4.69) is 37.5 Å². The third-order valence-electron chi connectivity index (χ3n) is 4.42. The first kappa shape index (κ1) is 16.5. The fourth-order valence-electron chi connectivity index (χ4n) is 3.27. The highest BCUT2D eigenvalue weighted by molar-refractivity contribution is 5.76. The molecule has 0 spiro atoms. The summed E-state index contributed by atoms with van der Waals surface area (Å²) in [6.07, 6.45) is 2.78. The molecular weight excluding hydrogens is 298 g/mol. The summed E-state index contributed by atoms with van der Waals surface area (Å²) in [5.74, 6) is 1.44. The Morgan fingerprint density at radius 3 is 2.58 bits per heavy atom. The Kier molecular flexibility index (Phi) is 4.56. The van der Waals surface area contributed by atoms with Gasteiger partial charge in [0.1, 0.15) is 17.1 Å². The van der Waals surface area contributed by atoms with Crippen molar-refractivity contribution >= 4 is 11.2 Å². The van der Waals surface area contributed by atoms with Crippen molar-refractivity contribution < 1.29 is 5.11 Å². The normalized spacial score (nSPS) is 11.3. The van der Waals surface area contributed by atoms with E-state index in [0.29, 0.717) is 5.75 Å². The smallest absolute Gasteiger partial charge is 0.160 e. The molecule has 0 aliphatic heterocycles. The van der Waals surface area contributed by atoms with Crippen LogP contribution in [0.3, 0.4) is 0 Å². The van der Waals surface area contributed by atoms with Gasteiger partial charge in [0.2, 0.25) is 0 Å². The van der Waals surface area contributed by atoms with Crippen LogP contribution in [0.25, 0.3) is 11.2 Å². The SMILES string of the molecule is CCCc1cc(Cn2c(CC)nc3c(C)cc(C)nc32)ccc1O. The van der Waals surface area contributed by atoms with Gasteiger partial charge in [0.15, 0.2) is 5.65 Å². The van der Waals surface area contributed by atoms with Gasteiger partial charge >= 0.3 is 0 Å². The highest BCUT2D eigenvalue weighted by atomic mass is 16.3. The van der Waals surface area contributed by atoms with Crippen LogP contribution in [0.4, 0.5) is 0 Å². The maximum Gasteiger partial charge on any atom is 0.160 e. The summed E-state index contributed by atoms with van der Waals surface area (Å²) < 4.78 is 2.21. The second-order valence-electron chi connectivity index (χ2n) is 6.43. The van der Waals surface area contributed by atoms with Crippen LogP contribution < -0.4 is 0 Å². The Balaban J connectivity index is 2.08. The first-order valence-corrected chi connectivity index (χ1v) is 8.67. The molecule has 0 unspecified atom stereocenters. The maximum atomic E-state index is 10.0. The molecule has 0 saturated heterocycles. The fraction of sp³-hybridized carbons (Fsp3) is 0.400. The third-order valence-corrected chi connectivity index (χ3v) is 4.42. The number of phenols is 1. The summed E-state index contributed by atoms with van der Waals surface area (Å²) in [5, 5.41) is 10.0. The molecule has 0 atom stereocenters. The number of phenolic OH excluding ortho intramolecular Hbond substituents is 1. The van der Waals surface area contributed by atoms with Crippen molar-refractivity contribution in [3.63, 3.8) is 0 Å². The first-order valence-electron chi connectivity index (χ1n) is 8.67. The quantitative estimate of drug-likeness (QED) is 0.761. The van der Waals surface area contributed by atoms with Gasteiger partial charge in [-0.25, -0.2) is 9.97 Å². The van der Waals surface area contributed by atoms with Crippen molar-refractivity contribution in [1.29, 1.82) is 0 Å². The summed E-state index contributed by atoms with van der Waals surface area (Å²) in [6.45, 7) is 9.09. The van der Waals surface area contributed by atoms with Crippen molar-refractivity contribution in [2.45, 2.75) is 53.5 Å². The predicted octanol–water partition coefficient (Wildman–Crippen LogP) is 4.32. The Morgan fingerprint density at radius 1 is 1.08 bits per heavy atom. The summed E-state index contributed by atoms with van der Waals surface area (Å²) >= 11 is 0. The van der Waals surface area contributed by atoms with Crippen LogP contribution in [-0.2, 0) is 19.4 Å². The van der Waals surface area contributed by atoms with Gasteiger partial charge in [-0.3, -0.25) is 0 Å². The Labute approximate surface area is 143 Å².